The van der Waals surface area contributed by atoms with Gasteiger partial charge in [-0.25, -0.2) is 0 Å². The predicted molar refractivity (Wildman–Crippen MR) is 72.5 cm³/mol. The van der Waals surface area contributed by atoms with Gasteiger partial charge >= 0.3 is 5.97 Å². The molecule has 20 heavy (non-hydrogen) atoms. The number of nitrogens with zero attached hydrogens (tertiary/aromatic N) is 1. The van der Waals surface area contributed by atoms with Crippen LogP contribution in [0.2, 0.25) is 0 Å². The van der Waals surface area contributed by atoms with Gasteiger partial charge in [-0.3, -0.25) is 9.59 Å². The van der Waals surface area contributed by atoms with E-state index in [1.165, 1.54) is 11.2 Å². The Morgan fingerprint density at radius 3 is 2.80 bits per heavy atom. The lowest BCUT2D eigenvalue weighted by Crippen LogP contribution is -2.37. The molecule has 1 aromatic rings. The number of rotatable bonds is 9. The third-order valence-electron chi connectivity index (χ3n) is 2.86. The zero-order valence-corrected chi connectivity index (χ0v) is 11.9. The van der Waals surface area contributed by atoms with Crippen LogP contribution in [-0.2, 0) is 9.53 Å². The van der Waals surface area contributed by atoms with Crippen LogP contribution in [-0.4, -0.2) is 48.2 Å². The van der Waals surface area contributed by atoms with Crippen molar-refractivity contribution < 1.29 is 23.8 Å². The number of aliphatic carboxylic acids is 1. The first-order valence-electron chi connectivity index (χ1n) is 6.69. The van der Waals surface area contributed by atoms with E-state index in [9.17, 15) is 9.59 Å². The molecule has 1 atom stereocenters. The van der Waals surface area contributed by atoms with Crippen molar-refractivity contribution in [2.45, 2.75) is 20.3 Å². The van der Waals surface area contributed by atoms with E-state index in [2.05, 4.69) is 0 Å². The molecular formula is C14H21NO5. The zero-order chi connectivity index (χ0) is 15.0. The number of furan rings is 1. The lowest BCUT2D eigenvalue weighted by atomic mass is 10.1. The summed E-state index contributed by atoms with van der Waals surface area (Å²) < 4.78 is 10.3. The van der Waals surface area contributed by atoms with Crippen LogP contribution < -0.4 is 0 Å². The lowest BCUT2D eigenvalue weighted by Gasteiger charge is -2.23. The Balaban J connectivity index is 2.63. The summed E-state index contributed by atoms with van der Waals surface area (Å²) in [5.41, 5.74) is 0. The van der Waals surface area contributed by atoms with Crippen LogP contribution in [0.15, 0.2) is 22.8 Å². The minimum Gasteiger partial charge on any atom is -0.481 e. The Hall–Kier alpha value is -1.82. The molecule has 1 aromatic heterocycles. The molecule has 0 bridgehead atoms. The molecule has 1 amide bonds. The van der Waals surface area contributed by atoms with Gasteiger partial charge in [-0.1, -0.05) is 6.92 Å². The quantitative estimate of drug-likeness (QED) is 0.700. The van der Waals surface area contributed by atoms with Crippen molar-refractivity contribution in [3.63, 3.8) is 0 Å². The molecule has 0 aromatic carbocycles. The van der Waals surface area contributed by atoms with Crippen molar-refractivity contribution >= 4 is 11.9 Å². The Labute approximate surface area is 118 Å². The Morgan fingerprint density at radius 2 is 2.25 bits per heavy atom. The van der Waals surface area contributed by atoms with Crippen molar-refractivity contribution in [2.24, 2.45) is 5.92 Å². The van der Waals surface area contributed by atoms with E-state index in [1.54, 1.807) is 19.1 Å². The smallest absolute Gasteiger partial charge is 0.308 e. The maximum Gasteiger partial charge on any atom is 0.308 e. The molecule has 6 heteroatoms. The highest BCUT2D eigenvalue weighted by molar-refractivity contribution is 5.91. The van der Waals surface area contributed by atoms with Gasteiger partial charge in [0, 0.05) is 26.3 Å². The minimum atomic E-state index is -0.924. The summed E-state index contributed by atoms with van der Waals surface area (Å²) in [6.45, 7) is 5.24. The van der Waals surface area contributed by atoms with Gasteiger partial charge in [-0.2, -0.15) is 0 Å². The molecule has 0 aliphatic carbocycles. The summed E-state index contributed by atoms with van der Waals surface area (Å²) in [7, 11) is 0. The van der Waals surface area contributed by atoms with Crippen LogP contribution in [0.3, 0.4) is 0 Å². The van der Waals surface area contributed by atoms with E-state index in [0.717, 1.165) is 0 Å². The molecule has 1 rings (SSSR count). The maximum absolute atomic E-state index is 12.2. The van der Waals surface area contributed by atoms with E-state index in [4.69, 9.17) is 14.3 Å². The van der Waals surface area contributed by atoms with Gasteiger partial charge in [0.15, 0.2) is 5.76 Å². The third kappa shape index (κ3) is 5.05. The second kappa shape index (κ2) is 8.37. The van der Waals surface area contributed by atoms with Crippen molar-refractivity contribution in [1.82, 2.24) is 4.90 Å². The topological polar surface area (TPSA) is 80.0 Å². The molecule has 1 N–H and O–H groups in total. The highest BCUT2D eigenvalue weighted by atomic mass is 16.5. The van der Waals surface area contributed by atoms with Gasteiger partial charge in [0.2, 0.25) is 0 Å². The molecule has 112 valence electrons. The molecule has 0 fully saturated rings. The molecule has 0 saturated heterocycles. The number of ether oxygens (including phenoxy) is 1. The van der Waals surface area contributed by atoms with Gasteiger partial charge in [0.25, 0.3) is 5.91 Å². The van der Waals surface area contributed by atoms with Gasteiger partial charge < -0.3 is 19.2 Å². The van der Waals surface area contributed by atoms with Crippen LogP contribution >= 0.6 is 0 Å². The minimum absolute atomic E-state index is 0.154. The summed E-state index contributed by atoms with van der Waals surface area (Å²) in [6, 6.07) is 3.20. The summed E-state index contributed by atoms with van der Waals surface area (Å²) in [4.78, 5) is 24.7. The average Bonchev–Trinajstić information content (AvgIpc) is 2.95. The van der Waals surface area contributed by atoms with E-state index < -0.39 is 11.9 Å². The third-order valence-corrected chi connectivity index (χ3v) is 2.86. The molecule has 6 nitrogen and oxygen atoms in total. The zero-order valence-electron chi connectivity index (χ0n) is 11.9. The van der Waals surface area contributed by atoms with Crippen LogP contribution in [0.25, 0.3) is 0 Å². The van der Waals surface area contributed by atoms with E-state index >= 15 is 0 Å². The van der Waals surface area contributed by atoms with Crippen molar-refractivity contribution in [3.8, 4) is 0 Å². The largest absolute Gasteiger partial charge is 0.481 e. The first kappa shape index (κ1) is 16.2. The SMILES string of the molecule is CCOCCCN(CC(C)C(=O)O)C(=O)c1ccco1. The molecule has 1 heterocycles. The molecule has 0 saturated carbocycles. The normalized spacial score (nSPS) is 12.1. The van der Waals surface area contributed by atoms with Gasteiger partial charge in [-0.05, 0) is 25.5 Å². The van der Waals surface area contributed by atoms with E-state index in [1.807, 2.05) is 6.92 Å². The first-order chi connectivity index (χ1) is 9.56. The summed E-state index contributed by atoms with van der Waals surface area (Å²) in [6.07, 6.45) is 2.08. The monoisotopic (exact) mass is 283 g/mol. The van der Waals surface area contributed by atoms with Crippen LogP contribution in [0.5, 0.6) is 0 Å². The fourth-order valence-corrected chi connectivity index (χ4v) is 1.74. The van der Waals surface area contributed by atoms with E-state index in [0.29, 0.717) is 26.2 Å². The van der Waals surface area contributed by atoms with Crippen LogP contribution in [0.4, 0.5) is 0 Å². The summed E-state index contributed by atoms with van der Waals surface area (Å²) in [5.74, 6) is -1.62. The predicted octanol–water partition coefficient (Wildman–Crippen LogP) is 1.87. The second-order valence-corrected chi connectivity index (χ2v) is 4.52. The number of carbonyl (C=O) groups is 2. The highest BCUT2D eigenvalue weighted by Gasteiger charge is 2.22. The number of carbonyl (C=O) groups excluding carboxylic acids is 1. The molecular weight excluding hydrogens is 262 g/mol. The van der Waals surface area contributed by atoms with E-state index in [-0.39, 0.29) is 18.2 Å². The molecule has 0 radical (unpaired) electrons. The highest BCUT2D eigenvalue weighted by Crippen LogP contribution is 2.09. The number of hydrogen-bond donors (Lipinski definition) is 1. The Kier molecular flexibility index (Phi) is 6.79. The summed E-state index contributed by atoms with van der Waals surface area (Å²) >= 11 is 0. The number of hydrogen-bond acceptors (Lipinski definition) is 4. The van der Waals surface area contributed by atoms with Gasteiger partial charge in [-0.15, -0.1) is 0 Å². The summed E-state index contributed by atoms with van der Waals surface area (Å²) in [5, 5.41) is 8.97. The number of amides is 1. The molecule has 0 aliphatic rings. The van der Waals surface area contributed by atoms with Gasteiger partial charge in [0.1, 0.15) is 0 Å². The average molecular weight is 283 g/mol. The maximum atomic E-state index is 12.2. The first-order valence-corrected chi connectivity index (χ1v) is 6.69. The van der Waals surface area contributed by atoms with Crippen molar-refractivity contribution in [1.29, 1.82) is 0 Å². The number of carboxylic acids is 1. The Morgan fingerprint density at radius 1 is 1.50 bits per heavy atom. The second-order valence-electron chi connectivity index (χ2n) is 4.52. The molecule has 0 aliphatic heterocycles. The molecule has 0 spiro atoms. The Bertz CT molecular complexity index is 415. The van der Waals surface area contributed by atoms with Crippen molar-refractivity contribution in [3.05, 3.63) is 24.2 Å². The number of carboxylic acid groups (broad SMARTS) is 1. The fourth-order valence-electron chi connectivity index (χ4n) is 1.74. The molecule has 1 unspecified atom stereocenters. The van der Waals surface area contributed by atoms with Crippen LogP contribution in [0, 0.1) is 5.92 Å². The standard InChI is InChI=1S/C14H21NO5/c1-3-19-8-5-7-15(10-11(2)14(17)18)13(16)12-6-4-9-20-12/h4,6,9,11H,3,5,7-8,10H2,1-2H3,(H,17,18). The lowest BCUT2D eigenvalue weighted by molar-refractivity contribution is -0.141. The van der Waals surface area contributed by atoms with Crippen LogP contribution in [0.1, 0.15) is 30.8 Å². The van der Waals surface area contributed by atoms with Crippen molar-refractivity contribution in [2.75, 3.05) is 26.3 Å². The fraction of sp³-hybridized carbons (Fsp3) is 0.571. The van der Waals surface area contributed by atoms with Gasteiger partial charge in [0.05, 0.1) is 12.2 Å².